The Kier molecular flexibility index (Phi) is 4.56. The third-order valence-corrected chi connectivity index (χ3v) is 3.53. The largest absolute Gasteiger partial charge is 0.339 e. The Labute approximate surface area is 119 Å². The predicted octanol–water partition coefficient (Wildman–Crippen LogP) is 1.78. The fourth-order valence-electron chi connectivity index (χ4n) is 2.33. The van der Waals surface area contributed by atoms with Crippen molar-refractivity contribution >= 4 is 17.9 Å². The monoisotopic (exact) mass is 272 g/mol. The molecule has 1 heterocycles. The number of benzene rings is 1. The van der Waals surface area contributed by atoms with Gasteiger partial charge in [-0.1, -0.05) is 30.3 Å². The number of hydrogen-bond acceptors (Lipinski definition) is 2. The van der Waals surface area contributed by atoms with Crippen LogP contribution in [0.15, 0.2) is 35.9 Å². The van der Waals surface area contributed by atoms with E-state index in [1.165, 1.54) is 0 Å². The number of piperazine rings is 1. The molecule has 1 aliphatic rings. The molecule has 1 aromatic carbocycles. The Bertz CT molecular complexity index is 515. The Morgan fingerprint density at radius 3 is 2.05 bits per heavy atom. The molecule has 1 aliphatic heterocycles. The van der Waals surface area contributed by atoms with E-state index in [2.05, 4.69) is 0 Å². The second-order valence-corrected chi connectivity index (χ2v) is 5.04. The van der Waals surface area contributed by atoms with Crippen LogP contribution in [0.3, 0.4) is 0 Å². The quantitative estimate of drug-likeness (QED) is 0.770. The van der Waals surface area contributed by atoms with E-state index in [0.717, 1.165) is 11.1 Å². The van der Waals surface area contributed by atoms with Crippen molar-refractivity contribution in [2.75, 3.05) is 26.2 Å². The highest BCUT2D eigenvalue weighted by molar-refractivity contribution is 5.97. The number of nitrogens with zero attached hydrogens (tertiary/aromatic N) is 2. The van der Waals surface area contributed by atoms with Crippen LogP contribution in [0.25, 0.3) is 6.08 Å². The lowest BCUT2D eigenvalue weighted by Gasteiger charge is -2.34. The second-order valence-electron chi connectivity index (χ2n) is 5.04. The summed E-state index contributed by atoms with van der Waals surface area (Å²) < 4.78 is 0. The normalized spacial score (nSPS) is 16.2. The highest BCUT2D eigenvalue weighted by Gasteiger charge is 2.22. The molecule has 4 heteroatoms. The summed E-state index contributed by atoms with van der Waals surface area (Å²) in [7, 11) is 0. The van der Waals surface area contributed by atoms with Crippen molar-refractivity contribution in [3.05, 3.63) is 41.5 Å². The van der Waals surface area contributed by atoms with Crippen LogP contribution in [-0.2, 0) is 9.59 Å². The molecule has 4 nitrogen and oxygen atoms in total. The molecule has 0 bridgehead atoms. The molecule has 0 unspecified atom stereocenters. The molecule has 1 saturated heterocycles. The van der Waals surface area contributed by atoms with Crippen LogP contribution in [0.4, 0.5) is 0 Å². The van der Waals surface area contributed by atoms with E-state index < -0.39 is 0 Å². The van der Waals surface area contributed by atoms with Crippen molar-refractivity contribution in [3.63, 3.8) is 0 Å². The molecule has 0 spiro atoms. The standard InChI is InChI=1S/C16H20N2O2/c1-13(12-15-6-4-3-5-7-15)16(20)18-10-8-17(9-11-18)14(2)19/h3-7,12H,8-11H2,1-2H3/b13-12+. The molecule has 1 fully saturated rings. The first-order valence-electron chi connectivity index (χ1n) is 6.86. The Balaban J connectivity index is 1.98. The zero-order chi connectivity index (χ0) is 14.5. The van der Waals surface area contributed by atoms with Gasteiger partial charge < -0.3 is 9.80 Å². The lowest BCUT2D eigenvalue weighted by molar-refractivity contribution is -0.136. The van der Waals surface area contributed by atoms with Gasteiger partial charge >= 0.3 is 0 Å². The van der Waals surface area contributed by atoms with E-state index in [4.69, 9.17) is 0 Å². The van der Waals surface area contributed by atoms with Gasteiger partial charge in [-0.25, -0.2) is 0 Å². The zero-order valence-corrected chi connectivity index (χ0v) is 12.0. The minimum Gasteiger partial charge on any atom is -0.339 e. The van der Waals surface area contributed by atoms with Gasteiger partial charge in [0.1, 0.15) is 0 Å². The van der Waals surface area contributed by atoms with Gasteiger partial charge in [-0.3, -0.25) is 9.59 Å². The van der Waals surface area contributed by atoms with E-state index in [0.29, 0.717) is 26.2 Å². The number of carbonyl (C=O) groups is 2. The smallest absolute Gasteiger partial charge is 0.249 e. The van der Waals surface area contributed by atoms with Gasteiger partial charge in [0.2, 0.25) is 11.8 Å². The summed E-state index contributed by atoms with van der Waals surface area (Å²) in [6.45, 7) is 5.88. The van der Waals surface area contributed by atoms with Crippen molar-refractivity contribution in [3.8, 4) is 0 Å². The average molecular weight is 272 g/mol. The lowest BCUT2D eigenvalue weighted by Crippen LogP contribution is -2.50. The van der Waals surface area contributed by atoms with Crippen LogP contribution in [0.2, 0.25) is 0 Å². The summed E-state index contributed by atoms with van der Waals surface area (Å²) in [6.07, 6.45) is 1.90. The van der Waals surface area contributed by atoms with E-state index in [1.54, 1.807) is 11.8 Å². The fourth-order valence-corrected chi connectivity index (χ4v) is 2.33. The summed E-state index contributed by atoms with van der Waals surface area (Å²) in [4.78, 5) is 27.2. The Morgan fingerprint density at radius 2 is 1.50 bits per heavy atom. The van der Waals surface area contributed by atoms with Crippen LogP contribution in [0.1, 0.15) is 19.4 Å². The number of rotatable bonds is 2. The van der Waals surface area contributed by atoms with Crippen LogP contribution in [0.5, 0.6) is 0 Å². The third kappa shape index (κ3) is 3.47. The summed E-state index contributed by atoms with van der Waals surface area (Å²) in [5.41, 5.74) is 1.76. The Hall–Kier alpha value is -2.10. The minimum atomic E-state index is 0.0528. The van der Waals surface area contributed by atoms with E-state index in [-0.39, 0.29) is 11.8 Å². The van der Waals surface area contributed by atoms with Crippen LogP contribution in [-0.4, -0.2) is 47.8 Å². The number of amides is 2. The summed E-state index contributed by atoms with van der Waals surface area (Å²) in [6, 6.07) is 9.81. The van der Waals surface area contributed by atoms with Gasteiger partial charge in [0.15, 0.2) is 0 Å². The maximum Gasteiger partial charge on any atom is 0.249 e. The number of carbonyl (C=O) groups excluding carboxylic acids is 2. The maximum absolute atomic E-state index is 12.3. The fraction of sp³-hybridized carbons (Fsp3) is 0.375. The van der Waals surface area contributed by atoms with Crippen molar-refractivity contribution in [1.29, 1.82) is 0 Å². The van der Waals surface area contributed by atoms with E-state index in [1.807, 2.05) is 48.2 Å². The summed E-state index contributed by atoms with van der Waals surface area (Å²) in [5, 5.41) is 0. The molecular formula is C16H20N2O2. The van der Waals surface area contributed by atoms with Gasteiger partial charge in [0.25, 0.3) is 0 Å². The molecule has 0 aromatic heterocycles. The molecule has 0 aliphatic carbocycles. The van der Waals surface area contributed by atoms with E-state index >= 15 is 0 Å². The molecule has 0 atom stereocenters. The lowest BCUT2D eigenvalue weighted by atomic mass is 10.1. The summed E-state index contributed by atoms with van der Waals surface area (Å²) in [5.74, 6) is 0.130. The highest BCUT2D eigenvalue weighted by Crippen LogP contribution is 2.11. The first-order valence-corrected chi connectivity index (χ1v) is 6.86. The van der Waals surface area contributed by atoms with Crippen molar-refractivity contribution in [2.24, 2.45) is 0 Å². The SMILES string of the molecule is CC(=O)N1CCN(C(=O)/C(C)=C/c2ccccc2)CC1. The van der Waals surface area contributed by atoms with Gasteiger partial charge in [-0.05, 0) is 18.6 Å². The van der Waals surface area contributed by atoms with Gasteiger partial charge in [0, 0.05) is 38.7 Å². The maximum atomic E-state index is 12.3. The number of hydrogen-bond donors (Lipinski definition) is 0. The van der Waals surface area contributed by atoms with Gasteiger partial charge in [0.05, 0.1) is 0 Å². The highest BCUT2D eigenvalue weighted by atomic mass is 16.2. The molecule has 0 radical (unpaired) electrons. The van der Waals surface area contributed by atoms with E-state index in [9.17, 15) is 9.59 Å². The average Bonchev–Trinajstić information content (AvgIpc) is 2.47. The topological polar surface area (TPSA) is 40.6 Å². The van der Waals surface area contributed by atoms with Crippen LogP contribution >= 0.6 is 0 Å². The van der Waals surface area contributed by atoms with Crippen LogP contribution in [0, 0.1) is 0 Å². The Morgan fingerprint density at radius 1 is 0.950 bits per heavy atom. The molecule has 2 amide bonds. The molecule has 20 heavy (non-hydrogen) atoms. The zero-order valence-electron chi connectivity index (χ0n) is 12.0. The molecule has 2 rings (SSSR count). The summed E-state index contributed by atoms with van der Waals surface area (Å²) >= 11 is 0. The van der Waals surface area contributed by atoms with Gasteiger partial charge in [-0.15, -0.1) is 0 Å². The predicted molar refractivity (Wildman–Crippen MR) is 78.9 cm³/mol. The second kappa shape index (κ2) is 6.37. The molecule has 0 saturated carbocycles. The van der Waals surface area contributed by atoms with Crippen molar-refractivity contribution < 1.29 is 9.59 Å². The first kappa shape index (κ1) is 14.3. The van der Waals surface area contributed by atoms with Crippen LogP contribution < -0.4 is 0 Å². The molecule has 0 N–H and O–H groups in total. The third-order valence-electron chi connectivity index (χ3n) is 3.53. The molecule has 106 valence electrons. The molecule has 1 aromatic rings. The minimum absolute atomic E-state index is 0.0528. The van der Waals surface area contributed by atoms with Crippen molar-refractivity contribution in [2.45, 2.75) is 13.8 Å². The molecular weight excluding hydrogens is 252 g/mol. The van der Waals surface area contributed by atoms with Crippen molar-refractivity contribution in [1.82, 2.24) is 9.80 Å². The first-order chi connectivity index (χ1) is 9.58. The van der Waals surface area contributed by atoms with Gasteiger partial charge in [-0.2, -0.15) is 0 Å².